The molecule has 0 amide bonds. The first kappa shape index (κ1) is 16.8. The summed E-state index contributed by atoms with van der Waals surface area (Å²) < 4.78 is 57.3. The van der Waals surface area contributed by atoms with E-state index < -0.39 is 32.2 Å². The number of hydrogen-bond donors (Lipinski definition) is 1. The van der Waals surface area contributed by atoms with Crippen LogP contribution in [0, 0.1) is 11.6 Å². The van der Waals surface area contributed by atoms with E-state index in [4.69, 9.17) is 10.5 Å². The molecule has 1 rings (SSSR count). The normalized spacial score (nSPS) is 12.3. The Morgan fingerprint density at radius 3 is 2.50 bits per heavy atom. The van der Waals surface area contributed by atoms with Gasteiger partial charge in [0.1, 0.15) is 16.4 Å². The second-order valence-electron chi connectivity index (χ2n) is 4.52. The number of anilines is 1. The maximum absolute atomic E-state index is 13.8. The number of rotatable bonds is 6. The van der Waals surface area contributed by atoms with Crippen LogP contribution in [0.25, 0.3) is 0 Å². The molecule has 1 aromatic rings. The topological polar surface area (TPSA) is 72.6 Å². The molecule has 20 heavy (non-hydrogen) atoms. The number of benzene rings is 1. The maximum atomic E-state index is 13.8. The van der Waals surface area contributed by atoms with Crippen LogP contribution in [0.2, 0.25) is 0 Å². The fourth-order valence-corrected chi connectivity index (χ4v) is 2.68. The quantitative estimate of drug-likeness (QED) is 0.810. The largest absolute Gasteiger partial charge is 0.394 e. The van der Waals surface area contributed by atoms with Gasteiger partial charge in [0.2, 0.25) is 10.0 Å². The van der Waals surface area contributed by atoms with Crippen molar-refractivity contribution in [2.45, 2.75) is 24.8 Å². The van der Waals surface area contributed by atoms with Crippen molar-refractivity contribution >= 4 is 15.7 Å². The van der Waals surface area contributed by atoms with E-state index >= 15 is 0 Å². The Morgan fingerprint density at radius 1 is 1.35 bits per heavy atom. The van der Waals surface area contributed by atoms with Gasteiger partial charge < -0.3 is 10.5 Å². The van der Waals surface area contributed by atoms with Crippen molar-refractivity contribution in [1.29, 1.82) is 0 Å². The smallest absolute Gasteiger partial charge is 0.245 e. The second-order valence-corrected chi connectivity index (χ2v) is 6.53. The van der Waals surface area contributed by atoms with Crippen LogP contribution in [0.3, 0.4) is 0 Å². The van der Waals surface area contributed by atoms with Crippen LogP contribution in [0.5, 0.6) is 0 Å². The van der Waals surface area contributed by atoms with Crippen molar-refractivity contribution in [3.05, 3.63) is 23.8 Å². The van der Waals surface area contributed by atoms with Crippen LogP contribution in [0.4, 0.5) is 14.5 Å². The molecule has 0 spiro atoms. The van der Waals surface area contributed by atoms with Gasteiger partial charge in [-0.15, -0.1) is 0 Å². The van der Waals surface area contributed by atoms with Crippen LogP contribution in [-0.4, -0.2) is 39.0 Å². The molecule has 0 saturated carbocycles. The molecule has 0 aliphatic carbocycles. The molecular formula is C12H18F2N2O3S. The van der Waals surface area contributed by atoms with Crippen molar-refractivity contribution in [1.82, 2.24) is 4.31 Å². The molecule has 0 aliphatic heterocycles. The molecule has 8 heteroatoms. The molecule has 0 radical (unpaired) electrons. The van der Waals surface area contributed by atoms with E-state index in [9.17, 15) is 17.2 Å². The number of halogens is 2. The third kappa shape index (κ3) is 3.65. The summed E-state index contributed by atoms with van der Waals surface area (Å²) in [5, 5.41) is 0. The monoisotopic (exact) mass is 308 g/mol. The Morgan fingerprint density at radius 2 is 1.95 bits per heavy atom. The maximum Gasteiger partial charge on any atom is 0.245 e. The first-order chi connectivity index (χ1) is 9.17. The fourth-order valence-electron chi connectivity index (χ4n) is 1.45. The van der Waals surface area contributed by atoms with Gasteiger partial charge in [-0.1, -0.05) is 0 Å². The Kier molecular flexibility index (Phi) is 5.43. The Hall–Kier alpha value is -1.25. The summed E-state index contributed by atoms with van der Waals surface area (Å²) in [6.07, 6.45) is -0.0377. The predicted octanol–water partition coefficient (Wildman–Crippen LogP) is 1.59. The number of nitrogens with two attached hydrogens (primary N) is 1. The minimum atomic E-state index is -4.08. The average Bonchev–Trinajstić information content (AvgIpc) is 2.35. The van der Waals surface area contributed by atoms with Gasteiger partial charge in [-0.2, -0.15) is 4.31 Å². The van der Waals surface area contributed by atoms with E-state index in [1.165, 1.54) is 7.05 Å². The lowest BCUT2D eigenvalue weighted by Crippen LogP contribution is -2.31. The van der Waals surface area contributed by atoms with E-state index in [1.54, 1.807) is 0 Å². The lowest BCUT2D eigenvalue weighted by Gasteiger charge is -2.18. The number of likely N-dealkylation sites (N-methyl/N-ethyl adjacent to an activating group) is 1. The first-order valence-electron chi connectivity index (χ1n) is 5.99. The van der Waals surface area contributed by atoms with Gasteiger partial charge >= 0.3 is 0 Å². The average molecular weight is 308 g/mol. The summed E-state index contributed by atoms with van der Waals surface area (Å²) in [5.74, 6) is -2.27. The molecule has 0 bridgehead atoms. The van der Waals surface area contributed by atoms with Crippen molar-refractivity contribution in [3.8, 4) is 0 Å². The van der Waals surface area contributed by atoms with Crippen LogP contribution in [0.1, 0.15) is 13.8 Å². The first-order valence-corrected chi connectivity index (χ1v) is 7.43. The number of nitrogens with zero attached hydrogens (tertiary/aromatic N) is 1. The van der Waals surface area contributed by atoms with Gasteiger partial charge in [-0.25, -0.2) is 17.2 Å². The van der Waals surface area contributed by atoms with Gasteiger partial charge in [0.25, 0.3) is 0 Å². The predicted molar refractivity (Wildman–Crippen MR) is 71.7 cm³/mol. The highest BCUT2D eigenvalue weighted by molar-refractivity contribution is 7.89. The number of hydrogen-bond acceptors (Lipinski definition) is 4. The lowest BCUT2D eigenvalue weighted by molar-refractivity contribution is 0.0737. The molecule has 0 aliphatic rings. The minimum Gasteiger partial charge on any atom is -0.394 e. The van der Waals surface area contributed by atoms with Gasteiger partial charge in [0.05, 0.1) is 12.7 Å². The van der Waals surface area contributed by atoms with E-state index in [-0.39, 0.29) is 19.3 Å². The molecule has 0 fully saturated rings. The highest BCUT2D eigenvalue weighted by Gasteiger charge is 2.26. The Balaban J connectivity index is 2.96. The summed E-state index contributed by atoms with van der Waals surface area (Å²) in [7, 11) is -2.79. The van der Waals surface area contributed by atoms with Gasteiger partial charge in [-0.05, 0) is 26.0 Å². The van der Waals surface area contributed by atoms with Crippen molar-refractivity contribution in [3.63, 3.8) is 0 Å². The highest BCUT2D eigenvalue weighted by atomic mass is 32.2. The SMILES string of the molecule is CC(C)OCCN(C)S(=O)(=O)c1ccc(F)c(N)c1F. The van der Waals surface area contributed by atoms with Crippen molar-refractivity contribution < 1.29 is 21.9 Å². The molecule has 114 valence electrons. The lowest BCUT2D eigenvalue weighted by atomic mass is 10.3. The summed E-state index contributed by atoms with van der Waals surface area (Å²) in [6, 6.07) is 1.68. The molecule has 0 atom stereocenters. The van der Waals surface area contributed by atoms with Crippen LogP contribution >= 0.6 is 0 Å². The summed E-state index contributed by atoms with van der Waals surface area (Å²) in [6.45, 7) is 3.85. The molecule has 0 aromatic heterocycles. The van der Waals surface area contributed by atoms with E-state index in [0.717, 1.165) is 16.4 Å². The number of nitrogen functional groups attached to an aromatic ring is 1. The molecule has 5 nitrogen and oxygen atoms in total. The molecule has 2 N–H and O–H groups in total. The van der Waals surface area contributed by atoms with Gasteiger partial charge in [-0.3, -0.25) is 0 Å². The van der Waals surface area contributed by atoms with Crippen LogP contribution in [0.15, 0.2) is 17.0 Å². The van der Waals surface area contributed by atoms with Crippen molar-refractivity contribution in [2.75, 3.05) is 25.9 Å². The van der Waals surface area contributed by atoms with Crippen molar-refractivity contribution in [2.24, 2.45) is 0 Å². The van der Waals surface area contributed by atoms with E-state index in [2.05, 4.69) is 0 Å². The highest BCUT2D eigenvalue weighted by Crippen LogP contribution is 2.24. The minimum absolute atomic E-state index is 0.0377. The number of ether oxygens (including phenoxy) is 1. The number of sulfonamides is 1. The zero-order valence-electron chi connectivity index (χ0n) is 11.6. The zero-order chi connectivity index (χ0) is 15.5. The molecular weight excluding hydrogens is 290 g/mol. The molecule has 0 saturated heterocycles. The van der Waals surface area contributed by atoms with Gasteiger partial charge in [0.15, 0.2) is 5.82 Å². The third-order valence-corrected chi connectivity index (χ3v) is 4.51. The Bertz CT molecular complexity index is 576. The van der Waals surface area contributed by atoms with Crippen LogP contribution in [-0.2, 0) is 14.8 Å². The van der Waals surface area contributed by atoms with Gasteiger partial charge in [0, 0.05) is 13.6 Å². The summed E-state index contributed by atoms with van der Waals surface area (Å²) >= 11 is 0. The second kappa shape index (κ2) is 6.47. The standard InChI is InChI=1S/C12H18F2N2O3S/c1-8(2)19-7-6-16(3)20(17,18)10-5-4-9(13)12(15)11(10)14/h4-5,8H,6-7,15H2,1-3H3. The van der Waals surface area contributed by atoms with E-state index in [1.807, 2.05) is 13.8 Å². The zero-order valence-corrected chi connectivity index (χ0v) is 12.4. The van der Waals surface area contributed by atoms with E-state index in [0.29, 0.717) is 0 Å². The summed E-state index contributed by atoms with van der Waals surface area (Å²) in [5.41, 5.74) is 4.35. The molecule has 0 heterocycles. The Labute approximate surface area is 117 Å². The third-order valence-electron chi connectivity index (χ3n) is 2.64. The van der Waals surface area contributed by atoms with Crippen LogP contribution < -0.4 is 5.73 Å². The summed E-state index contributed by atoms with van der Waals surface area (Å²) in [4.78, 5) is -0.650. The molecule has 0 unspecified atom stereocenters. The molecule has 1 aromatic carbocycles. The fraction of sp³-hybridized carbons (Fsp3) is 0.500.